The molecule has 0 aliphatic heterocycles. The highest BCUT2D eigenvalue weighted by Crippen LogP contribution is 2.33. The number of para-hydroxylation sites is 2. The Morgan fingerprint density at radius 3 is 2.32 bits per heavy atom. The van der Waals surface area contributed by atoms with Gasteiger partial charge in [0.25, 0.3) is 5.91 Å². The fraction of sp³-hybridized carbons (Fsp3) is 0.483. The second-order valence-electron chi connectivity index (χ2n) is 10.2. The molecular formula is C29H41N3O5S. The molecule has 8 nitrogen and oxygen atoms in total. The van der Waals surface area contributed by atoms with Crippen molar-refractivity contribution in [2.75, 3.05) is 23.9 Å². The van der Waals surface area contributed by atoms with E-state index in [0.717, 1.165) is 5.56 Å². The zero-order valence-electron chi connectivity index (χ0n) is 23.5. The van der Waals surface area contributed by atoms with E-state index >= 15 is 0 Å². The van der Waals surface area contributed by atoms with Crippen molar-refractivity contribution >= 4 is 35.4 Å². The minimum absolute atomic E-state index is 0.0490. The number of hydrogen-bond donors (Lipinski definition) is 3. The van der Waals surface area contributed by atoms with Crippen molar-refractivity contribution < 1.29 is 24.2 Å². The lowest BCUT2D eigenvalue weighted by Crippen LogP contribution is -2.52. The molecule has 0 spiro atoms. The summed E-state index contributed by atoms with van der Waals surface area (Å²) in [6.45, 7) is 11.0. The topological polar surface area (TPSA) is 108 Å². The number of benzene rings is 2. The van der Waals surface area contributed by atoms with Gasteiger partial charge in [0.15, 0.2) is 0 Å². The molecule has 0 aliphatic carbocycles. The molecule has 0 aliphatic rings. The van der Waals surface area contributed by atoms with Crippen LogP contribution in [0, 0.1) is 13.8 Å². The van der Waals surface area contributed by atoms with Gasteiger partial charge in [0.1, 0.15) is 23.4 Å². The first-order valence-electron chi connectivity index (χ1n) is 12.8. The van der Waals surface area contributed by atoms with Crippen LogP contribution < -0.4 is 10.6 Å². The first-order valence-corrected chi connectivity index (χ1v) is 14.2. The molecule has 2 rings (SSSR count). The van der Waals surface area contributed by atoms with Gasteiger partial charge in [-0.25, -0.2) is 4.79 Å². The number of rotatable bonds is 11. The summed E-state index contributed by atoms with van der Waals surface area (Å²) in [7, 11) is 0. The summed E-state index contributed by atoms with van der Waals surface area (Å²) in [6.07, 6.45) is 2.13. The molecule has 0 heterocycles. The van der Waals surface area contributed by atoms with Gasteiger partial charge in [0, 0.05) is 17.8 Å². The third-order valence-corrected chi connectivity index (χ3v) is 6.52. The summed E-state index contributed by atoms with van der Waals surface area (Å²) in [5, 5.41) is 16.6. The number of amides is 3. The van der Waals surface area contributed by atoms with Crippen molar-refractivity contribution in [1.29, 1.82) is 0 Å². The molecule has 2 aromatic carbocycles. The molecule has 0 saturated carbocycles. The number of phenols is 1. The molecule has 0 fully saturated rings. The highest BCUT2D eigenvalue weighted by Gasteiger charge is 2.37. The van der Waals surface area contributed by atoms with Crippen molar-refractivity contribution in [2.24, 2.45) is 0 Å². The molecule has 2 atom stereocenters. The Kier molecular flexibility index (Phi) is 11.5. The second-order valence-corrected chi connectivity index (χ2v) is 11.2. The standard InChI is InChI=1S/C29H41N3O5S/c1-8-17-32(27(35)23(16-18-38-7)31-28(36)37-29(4,5)6)24(21-14-11-13-20(3)25(21)33)26(34)30-22-15-10-9-12-19(22)2/h9-15,23-24,33H,8,16-18H2,1-7H3,(H,30,34)(H,31,36). The van der Waals surface area contributed by atoms with Crippen LogP contribution in [0.3, 0.4) is 0 Å². The van der Waals surface area contributed by atoms with E-state index in [0.29, 0.717) is 35.4 Å². The Balaban J connectivity index is 2.55. The number of anilines is 1. The van der Waals surface area contributed by atoms with Gasteiger partial charge in [0.05, 0.1) is 0 Å². The summed E-state index contributed by atoms with van der Waals surface area (Å²) in [4.78, 5) is 42.0. The monoisotopic (exact) mass is 543 g/mol. The largest absolute Gasteiger partial charge is 0.507 e. The smallest absolute Gasteiger partial charge is 0.408 e. The van der Waals surface area contributed by atoms with Gasteiger partial charge in [-0.1, -0.05) is 43.3 Å². The number of carbonyl (C=O) groups is 3. The maximum Gasteiger partial charge on any atom is 0.408 e. The van der Waals surface area contributed by atoms with E-state index in [4.69, 9.17) is 4.74 Å². The van der Waals surface area contributed by atoms with Crippen molar-refractivity contribution in [1.82, 2.24) is 10.2 Å². The normalized spacial score (nSPS) is 12.8. The Bertz CT molecular complexity index is 1120. The molecule has 0 radical (unpaired) electrons. The summed E-state index contributed by atoms with van der Waals surface area (Å²) >= 11 is 1.55. The maximum absolute atomic E-state index is 14.1. The van der Waals surface area contributed by atoms with Crippen LogP contribution in [0.25, 0.3) is 0 Å². The van der Waals surface area contributed by atoms with Crippen molar-refractivity contribution in [3.8, 4) is 5.75 Å². The number of alkyl carbamates (subject to hydrolysis) is 1. The van der Waals surface area contributed by atoms with Crippen molar-refractivity contribution in [2.45, 2.75) is 72.1 Å². The van der Waals surface area contributed by atoms with Gasteiger partial charge < -0.3 is 25.4 Å². The molecule has 2 aromatic rings. The predicted molar refractivity (Wildman–Crippen MR) is 154 cm³/mol. The van der Waals surface area contributed by atoms with Crippen LogP contribution in [0.4, 0.5) is 10.5 Å². The highest BCUT2D eigenvalue weighted by atomic mass is 32.2. The van der Waals surface area contributed by atoms with Crippen LogP contribution in [-0.2, 0) is 14.3 Å². The fourth-order valence-electron chi connectivity index (χ4n) is 4.02. The van der Waals surface area contributed by atoms with Gasteiger partial charge >= 0.3 is 6.09 Å². The zero-order chi connectivity index (χ0) is 28.5. The van der Waals surface area contributed by atoms with Crippen LogP contribution in [0.1, 0.15) is 63.3 Å². The van der Waals surface area contributed by atoms with Crippen LogP contribution in [0.2, 0.25) is 0 Å². The van der Waals surface area contributed by atoms with E-state index in [2.05, 4.69) is 10.6 Å². The Hall–Kier alpha value is -3.20. The lowest BCUT2D eigenvalue weighted by molar-refractivity contribution is -0.140. The second kappa shape index (κ2) is 14.1. The summed E-state index contributed by atoms with van der Waals surface area (Å²) in [6, 6.07) is 10.5. The van der Waals surface area contributed by atoms with Gasteiger partial charge in [-0.15, -0.1) is 0 Å². The average Bonchev–Trinajstić information content (AvgIpc) is 2.83. The number of aromatic hydroxyl groups is 1. The Morgan fingerprint density at radius 2 is 1.71 bits per heavy atom. The van der Waals surface area contributed by atoms with Gasteiger partial charge in [-0.05, 0) is 76.7 Å². The van der Waals surface area contributed by atoms with Crippen LogP contribution in [-0.4, -0.2) is 58.1 Å². The molecule has 9 heteroatoms. The SMILES string of the molecule is CCCN(C(=O)C(CCSC)NC(=O)OC(C)(C)C)C(C(=O)Nc1ccccc1C)c1cccc(C)c1O. The van der Waals surface area contributed by atoms with Crippen molar-refractivity contribution in [3.63, 3.8) is 0 Å². The predicted octanol–water partition coefficient (Wildman–Crippen LogP) is 5.57. The molecule has 3 N–H and O–H groups in total. The minimum Gasteiger partial charge on any atom is -0.507 e. The van der Waals surface area contributed by atoms with Gasteiger partial charge in [-0.2, -0.15) is 11.8 Å². The van der Waals surface area contributed by atoms with E-state index in [1.165, 1.54) is 4.90 Å². The third-order valence-electron chi connectivity index (χ3n) is 5.87. The summed E-state index contributed by atoms with van der Waals surface area (Å²) < 4.78 is 5.41. The molecule has 0 bridgehead atoms. The maximum atomic E-state index is 14.1. The number of hydrogen-bond acceptors (Lipinski definition) is 6. The average molecular weight is 544 g/mol. The number of aryl methyl sites for hydroxylation is 2. The van der Waals surface area contributed by atoms with E-state index in [1.54, 1.807) is 63.7 Å². The molecule has 2 unspecified atom stereocenters. The lowest BCUT2D eigenvalue weighted by atomic mass is 9.98. The summed E-state index contributed by atoms with van der Waals surface area (Å²) in [5.74, 6) is -0.310. The van der Waals surface area contributed by atoms with E-state index in [1.807, 2.05) is 38.3 Å². The Labute approximate surface area is 230 Å². The number of phenolic OH excluding ortho intramolecular Hbond substituents is 1. The number of nitrogens with one attached hydrogen (secondary N) is 2. The highest BCUT2D eigenvalue weighted by molar-refractivity contribution is 7.98. The number of ether oxygens (including phenoxy) is 1. The molecule has 208 valence electrons. The molecule has 38 heavy (non-hydrogen) atoms. The zero-order valence-corrected chi connectivity index (χ0v) is 24.3. The fourth-order valence-corrected chi connectivity index (χ4v) is 4.49. The van der Waals surface area contributed by atoms with Crippen LogP contribution in [0.15, 0.2) is 42.5 Å². The molecule has 0 saturated heterocycles. The Morgan fingerprint density at radius 1 is 1.05 bits per heavy atom. The van der Waals surface area contributed by atoms with Crippen LogP contribution >= 0.6 is 11.8 Å². The first-order chi connectivity index (χ1) is 17.9. The lowest BCUT2D eigenvalue weighted by Gasteiger charge is -2.35. The third kappa shape index (κ3) is 8.68. The van der Waals surface area contributed by atoms with Crippen molar-refractivity contribution in [3.05, 3.63) is 59.2 Å². The quantitative estimate of drug-likeness (QED) is 0.342. The number of nitrogens with zero attached hydrogens (tertiary/aromatic N) is 1. The van der Waals surface area contributed by atoms with Gasteiger partial charge in [-0.3, -0.25) is 9.59 Å². The first kappa shape index (κ1) is 31.0. The number of thioether (sulfide) groups is 1. The van der Waals surface area contributed by atoms with E-state index < -0.39 is 35.6 Å². The minimum atomic E-state index is -1.13. The van der Waals surface area contributed by atoms with Crippen LogP contribution in [0.5, 0.6) is 5.75 Å². The number of carbonyl (C=O) groups excluding carboxylic acids is 3. The molecule has 0 aromatic heterocycles. The summed E-state index contributed by atoms with van der Waals surface area (Å²) in [5.41, 5.74) is 1.66. The van der Waals surface area contributed by atoms with E-state index in [9.17, 15) is 19.5 Å². The van der Waals surface area contributed by atoms with E-state index in [-0.39, 0.29) is 12.3 Å². The molecule has 3 amide bonds. The molecular weight excluding hydrogens is 502 g/mol. The van der Waals surface area contributed by atoms with Gasteiger partial charge in [0.2, 0.25) is 5.91 Å².